The van der Waals surface area contributed by atoms with Gasteiger partial charge in [0.1, 0.15) is 6.29 Å². The monoisotopic (exact) mass is 415 g/mol. The lowest BCUT2D eigenvalue weighted by Crippen LogP contribution is -2.37. The third-order valence-corrected chi connectivity index (χ3v) is 5.72. The van der Waals surface area contributed by atoms with Crippen molar-refractivity contribution >= 4 is 36.6 Å². The molecule has 2 unspecified atom stereocenters. The lowest BCUT2D eigenvalue weighted by atomic mass is 9.86. The van der Waals surface area contributed by atoms with Gasteiger partial charge in [0.15, 0.2) is 0 Å². The summed E-state index contributed by atoms with van der Waals surface area (Å²) in [5.74, 6) is -1.30. The van der Waals surface area contributed by atoms with Crippen LogP contribution in [0.4, 0.5) is 13.2 Å². The third kappa shape index (κ3) is 3.48. The molecule has 110 valence electrons. The molecule has 0 amide bonds. The molecule has 1 aromatic rings. The maximum atomic E-state index is 12.9. The van der Waals surface area contributed by atoms with E-state index in [4.69, 9.17) is 0 Å². The van der Waals surface area contributed by atoms with Gasteiger partial charge in [0.2, 0.25) is 0 Å². The van der Waals surface area contributed by atoms with Gasteiger partial charge in [-0.25, -0.2) is 4.31 Å². The molecule has 2 rings (SSSR count). The Labute approximate surface area is 131 Å². The minimum Gasteiger partial charge on any atom is -0.298 e. The highest BCUT2D eigenvalue weighted by Crippen LogP contribution is 2.46. The maximum Gasteiger partial charge on any atom is 0.391 e. The van der Waals surface area contributed by atoms with E-state index in [0.717, 1.165) is 0 Å². The van der Waals surface area contributed by atoms with E-state index >= 15 is 0 Å². The largest absolute Gasteiger partial charge is 0.391 e. The highest BCUT2D eigenvalue weighted by molar-refractivity contribution is 14.2. The number of alkyl halides is 3. The molecule has 20 heavy (non-hydrogen) atoms. The standard InChI is InChI=1S/C13H13F3INOS/c14-13(15,16)10-5-6-18(20-17)12(7-10)11-4-2-1-3-9(11)8-19/h1-4,8,10,12H,5-7H2. The van der Waals surface area contributed by atoms with Gasteiger partial charge in [0.25, 0.3) is 0 Å². The Morgan fingerprint density at radius 3 is 2.65 bits per heavy atom. The topological polar surface area (TPSA) is 20.3 Å². The number of hydrogen-bond donors (Lipinski definition) is 0. The molecule has 0 bridgehead atoms. The van der Waals surface area contributed by atoms with E-state index in [1.54, 1.807) is 24.3 Å². The van der Waals surface area contributed by atoms with Crippen LogP contribution in [0.5, 0.6) is 0 Å². The van der Waals surface area contributed by atoms with E-state index in [1.165, 1.54) is 9.12 Å². The van der Waals surface area contributed by atoms with Crippen LogP contribution in [0.1, 0.15) is 34.8 Å². The fraction of sp³-hybridized carbons (Fsp3) is 0.462. The van der Waals surface area contributed by atoms with Crippen LogP contribution in [0, 0.1) is 5.92 Å². The zero-order chi connectivity index (χ0) is 14.8. The average Bonchev–Trinajstić information content (AvgIpc) is 2.45. The van der Waals surface area contributed by atoms with Crippen LogP contribution in [-0.4, -0.2) is 23.3 Å². The van der Waals surface area contributed by atoms with Crippen molar-refractivity contribution in [2.45, 2.75) is 25.1 Å². The number of rotatable bonds is 3. The summed E-state index contributed by atoms with van der Waals surface area (Å²) >= 11 is 2.07. The molecule has 1 aliphatic rings. The predicted octanol–water partition coefficient (Wildman–Crippen LogP) is 4.81. The van der Waals surface area contributed by atoms with E-state index in [9.17, 15) is 18.0 Å². The van der Waals surface area contributed by atoms with Gasteiger partial charge in [-0.05, 0) is 27.5 Å². The van der Waals surface area contributed by atoms with E-state index in [1.807, 2.05) is 4.31 Å². The Bertz CT molecular complexity index is 483. The summed E-state index contributed by atoms with van der Waals surface area (Å²) < 4.78 is 40.8. The van der Waals surface area contributed by atoms with Crippen molar-refractivity contribution in [3.8, 4) is 0 Å². The molecule has 0 saturated carbocycles. The van der Waals surface area contributed by atoms with Crippen LogP contribution in [0.2, 0.25) is 0 Å². The molecule has 7 heteroatoms. The number of aldehydes is 1. The van der Waals surface area contributed by atoms with Gasteiger partial charge in [-0.2, -0.15) is 13.2 Å². The van der Waals surface area contributed by atoms with Crippen LogP contribution in [-0.2, 0) is 0 Å². The summed E-state index contributed by atoms with van der Waals surface area (Å²) in [5.41, 5.74) is 1.15. The first-order valence-corrected chi connectivity index (χ1v) is 9.45. The zero-order valence-corrected chi connectivity index (χ0v) is 13.4. The SMILES string of the molecule is O=Cc1ccccc1C1CC(C(F)(F)F)CCN1SI. The van der Waals surface area contributed by atoms with Crippen molar-refractivity contribution in [3.63, 3.8) is 0 Å². The fourth-order valence-corrected chi connectivity index (χ4v) is 4.41. The Morgan fingerprint density at radius 1 is 1.35 bits per heavy atom. The second-order valence-corrected chi connectivity index (χ2v) is 6.52. The van der Waals surface area contributed by atoms with Crippen LogP contribution in [0.25, 0.3) is 0 Å². The van der Waals surface area contributed by atoms with Crippen molar-refractivity contribution < 1.29 is 18.0 Å². The first kappa shape index (κ1) is 16.1. The minimum atomic E-state index is -4.17. The molecule has 2 nitrogen and oxygen atoms in total. The van der Waals surface area contributed by atoms with E-state index in [2.05, 4.69) is 21.2 Å². The number of piperidine rings is 1. The second kappa shape index (κ2) is 6.65. The normalized spacial score (nSPS) is 24.6. The second-order valence-electron chi connectivity index (χ2n) is 4.74. The van der Waals surface area contributed by atoms with Crippen LogP contribution < -0.4 is 0 Å². The van der Waals surface area contributed by atoms with Gasteiger partial charge in [-0.1, -0.05) is 24.3 Å². The summed E-state index contributed by atoms with van der Waals surface area (Å²) in [6.45, 7) is 0.371. The summed E-state index contributed by atoms with van der Waals surface area (Å²) in [6.07, 6.45) is -3.34. The van der Waals surface area contributed by atoms with Gasteiger partial charge in [-0.3, -0.25) is 4.79 Å². The minimum absolute atomic E-state index is 0.00432. The van der Waals surface area contributed by atoms with Gasteiger partial charge in [0, 0.05) is 39.4 Å². The molecule has 1 aromatic carbocycles. The van der Waals surface area contributed by atoms with Gasteiger partial charge in [-0.15, -0.1) is 0 Å². The van der Waals surface area contributed by atoms with Crippen molar-refractivity contribution in [2.24, 2.45) is 5.92 Å². The molecule has 0 spiro atoms. The highest BCUT2D eigenvalue weighted by atomic mass is 127. The highest BCUT2D eigenvalue weighted by Gasteiger charge is 2.45. The summed E-state index contributed by atoms with van der Waals surface area (Å²) in [4.78, 5) is 11.1. The van der Waals surface area contributed by atoms with E-state index < -0.39 is 12.1 Å². The molecule has 0 aliphatic carbocycles. The van der Waals surface area contributed by atoms with Crippen molar-refractivity contribution in [2.75, 3.05) is 6.54 Å². The fourth-order valence-electron chi connectivity index (χ4n) is 2.53. The van der Waals surface area contributed by atoms with Crippen molar-refractivity contribution in [3.05, 3.63) is 35.4 Å². The lowest BCUT2D eigenvalue weighted by Gasteiger charge is -2.38. The summed E-state index contributed by atoms with van der Waals surface area (Å²) in [7, 11) is 1.40. The molecule has 1 heterocycles. The molecular weight excluding hydrogens is 402 g/mol. The Kier molecular flexibility index (Phi) is 5.36. The quantitative estimate of drug-likeness (QED) is 0.402. The van der Waals surface area contributed by atoms with Crippen molar-refractivity contribution in [1.29, 1.82) is 0 Å². The van der Waals surface area contributed by atoms with Crippen LogP contribution >= 0.6 is 30.3 Å². The number of carbonyl (C=O) groups excluding carboxylic acids is 1. The average molecular weight is 415 g/mol. The molecule has 0 N–H and O–H groups in total. The van der Waals surface area contributed by atoms with Gasteiger partial charge in [0.05, 0.1) is 5.92 Å². The number of hydrogen-bond acceptors (Lipinski definition) is 3. The van der Waals surface area contributed by atoms with Crippen molar-refractivity contribution in [1.82, 2.24) is 4.31 Å². The van der Waals surface area contributed by atoms with Gasteiger partial charge < -0.3 is 0 Å². The van der Waals surface area contributed by atoms with Crippen LogP contribution in [0.15, 0.2) is 24.3 Å². The number of carbonyl (C=O) groups is 1. The Balaban J connectivity index is 2.32. The molecular formula is C13H13F3INOS. The lowest BCUT2D eigenvalue weighted by molar-refractivity contribution is -0.186. The Morgan fingerprint density at radius 2 is 2.05 bits per heavy atom. The number of benzene rings is 1. The zero-order valence-electron chi connectivity index (χ0n) is 10.4. The molecule has 0 aromatic heterocycles. The van der Waals surface area contributed by atoms with Crippen LogP contribution in [0.3, 0.4) is 0 Å². The third-order valence-electron chi connectivity index (χ3n) is 3.59. The molecule has 1 aliphatic heterocycles. The number of nitrogens with zero attached hydrogens (tertiary/aromatic N) is 1. The maximum absolute atomic E-state index is 12.9. The summed E-state index contributed by atoms with van der Waals surface area (Å²) in [6, 6.07) is 6.50. The first-order valence-electron chi connectivity index (χ1n) is 6.13. The molecule has 1 fully saturated rings. The molecule has 2 atom stereocenters. The summed E-state index contributed by atoms with van der Waals surface area (Å²) in [5, 5.41) is 0. The molecule has 0 radical (unpaired) electrons. The van der Waals surface area contributed by atoms with E-state index in [-0.39, 0.29) is 18.9 Å². The number of halogens is 4. The molecule has 1 saturated heterocycles. The Hall–Kier alpha value is -0.280. The smallest absolute Gasteiger partial charge is 0.298 e. The predicted molar refractivity (Wildman–Crippen MR) is 81.7 cm³/mol. The van der Waals surface area contributed by atoms with Gasteiger partial charge >= 0.3 is 6.18 Å². The first-order chi connectivity index (χ1) is 9.47. The van der Waals surface area contributed by atoms with E-state index in [0.29, 0.717) is 24.0 Å².